The van der Waals surface area contributed by atoms with Crippen molar-refractivity contribution in [2.45, 2.75) is 51.2 Å². The average Bonchev–Trinajstić information content (AvgIpc) is 2.40. The van der Waals surface area contributed by atoms with Crippen LogP contribution in [0.1, 0.15) is 38.3 Å². The normalized spacial score (nSPS) is 13.0. The van der Waals surface area contributed by atoms with E-state index in [0.29, 0.717) is 6.42 Å². The number of nitrogens with zero attached hydrogens (tertiary/aromatic N) is 1. The summed E-state index contributed by atoms with van der Waals surface area (Å²) in [5.74, 6) is -0.566. The van der Waals surface area contributed by atoms with E-state index in [1.165, 1.54) is 30.4 Å². The molecule has 0 bridgehead atoms. The van der Waals surface area contributed by atoms with E-state index in [9.17, 15) is 12.8 Å². The molecule has 0 amide bonds. The third-order valence-corrected chi connectivity index (χ3v) is 5.90. The van der Waals surface area contributed by atoms with Crippen molar-refractivity contribution in [3.05, 3.63) is 29.1 Å². The minimum atomic E-state index is -3.73. The molecule has 0 spiro atoms. The van der Waals surface area contributed by atoms with Gasteiger partial charge in [-0.1, -0.05) is 6.92 Å². The first-order valence-electron chi connectivity index (χ1n) is 6.46. The maximum atomic E-state index is 13.7. The molecule has 0 unspecified atom stereocenters. The van der Waals surface area contributed by atoms with Crippen LogP contribution in [0.15, 0.2) is 17.0 Å². The second kappa shape index (κ2) is 5.79. The summed E-state index contributed by atoms with van der Waals surface area (Å²) in [7, 11) is -2.22. The lowest BCUT2D eigenvalue weighted by atomic mass is 10.0. The molecule has 4 nitrogen and oxygen atoms in total. The summed E-state index contributed by atoms with van der Waals surface area (Å²) < 4.78 is 40.2. The van der Waals surface area contributed by atoms with Gasteiger partial charge >= 0.3 is 0 Å². The van der Waals surface area contributed by atoms with Gasteiger partial charge in [0.15, 0.2) is 0 Å². The molecule has 1 N–H and O–H groups in total. The molecule has 0 saturated carbocycles. The topological polar surface area (TPSA) is 57.6 Å². The zero-order chi connectivity index (χ0) is 15.7. The number of hydrogen-bond donors (Lipinski definition) is 1. The monoisotopic (exact) mass is 303 g/mol. The number of sulfonamides is 1. The number of aryl methyl sites for hydroxylation is 1. The first kappa shape index (κ1) is 17.1. The number of hydrogen-bond acceptors (Lipinski definition) is 3. The van der Waals surface area contributed by atoms with Gasteiger partial charge < -0.3 is 5.11 Å². The van der Waals surface area contributed by atoms with Crippen molar-refractivity contribution in [3.8, 4) is 0 Å². The summed E-state index contributed by atoms with van der Waals surface area (Å²) in [5, 5.41) is 9.13. The number of halogens is 1. The van der Waals surface area contributed by atoms with Gasteiger partial charge in [0.1, 0.15) is 5.82 Å². The van der Waals surface area contributed by atoms with Gasteiger partial charge in [0.05, 0.1) is 11.5 Å². The van der Waals surface area contributed by atoms with Crippen molar-refractivity contribution in [2.75, 3.05) is 7.05 Å². The molecule has 0 aliphatic rings. The summed E-state index contributed by atoms with van der Waals surface area (Å²) in [5.41, 5.74) is -0.343. The van der Waals surface area contributed by atoms with E-state index >= 15 is 0 Å². The second-order valence-corrected chi connectivity index (χ2v) is 7.48. The summed E-state index contributed by atoms with van der Waals surface area (Å²) in [4.78, 5) is 0.00414. The van der Waals surface area contributed by atoms with E-state index in [-0.39, 0.29) is 16.0 Å². The van der Waals surface area contributed by atoms with Gasteiger partial charge in [-0.15, -0.1) is 0 Å². The highest BCUT2D eigenvalue weighted by atomic mass is 32.2. The third kappa shape index (κ3) is 3.02. The zero-order valence-corrected chi connectivity index (χ0v) is 13.4. The van der Waals surface area contributed by atoms with Crippen LogP contribution in [-0.4, -0.2) is 30.4 Å². The highest BCUT2D eigenvalue weighted by Crippen LogP contribution is 2.27. The van der Waals surface area contributed by atoms with Gasteiger partial charge in [-0.05, 0) is 44.9 Å². The molecule has 0 aliphatic heterocycles. The van der Waals surface area contributed by atoms with Crippen LogP contribution >= 0.6 is 0 Å². The number of rotatable bonds is 5. The first-order valence-corrected chi connectivity index (χ1v) is 7.91. The number of benzene rings is 1. The Kier molecular flexibility index (Phi) is 4.94. The molecule has 0 saturated heterocycles. The Morgan fingerprint density at radius 2 is 1.90 bits per heavy atom. The molecule has 6 heteroatoms. The summed E-state index contributed by atoms with van der Waals surface area (Å²) in [6, 6.07) is 2.49. The first-order chi connectivity index (χ1) is 9.07. The van der Waals surface area contributed by atoms with E-state index < -0.39 is 28.0 Å². The van der Waals surface area contributed by atoms with E-state index in [4.69, 9.17) is 5.11 Å². The van der Waals surface area contributed by atoms with E-state index in [2.05, 4.69) is 0 Å². The Bertz CT molecular complexity index is 597. The van der Waals surface area contributed by atoms with Gasteiger partial charge in [-0.3, -0.25) is 0 Å². The maximum Gasteiger partial charge on any atom is 0.243 e. The van der Waals surface area contributed by atoms with E-state index in [1.807, 2.05) is 20.8 Å². The van der Waals surface area contributed by atoms with Crippen molar-refractivity contribution >= 4 is 10.0 Å². The van der Waals surface area contributed by atoms with Crippen molar-refractivity contribution in [2.24, 2.45) is 0 Å². The lowest BCUT2D eigenvalue weighted by molar-refractivity contribution is 0.257. The minimum Gasteiger partial charge on any atom is -0.392 e. The van der Waals surface area contributed by atoms with Crippen LogP contribution in [0.2, 0.25) is 0 Å². The maximum absolute atomic E-state index is 13.7. The van der Waals surface area contributed by atoms with Crippen LogP contribution in [0.3, 0.4) is 0 Å². The summed E-state index contributed by atoms with van der Waals surface area (Å²) in [6.45, 7) is 6.51. The molecule has 1 aromatic rings. The molecule has 1 aromatic carbocycles. The van der Waals surface area contributed by atoms with Crippen LogP contribution in [0, 0.1) is 12.7 Å². The third-order valence-electron chi connectivity index (χ3n) is 3.85. The number of aliphatic hydroxyl groups excluding tert-OH is 1. The Morgan fingerprint density at radius 3 is 2.35 bits per heavy atom. The smallest absolute Gasteiger partial charge is 0.243 e. The van der Waals surface area contributed by atoms with Gasteiger partial charge in [0.25, 0.3) is 0 Å². The Labute approximate surface area is 120 Å². The van der Waals surface area contributed by atoms with Crippen molar-refractivity contribution < 1.29 is 17.9 Å². The molecule has 0 atom stereocenters. The molecule has 114 valence electrons. The van der Waals surface area contributed by atoms with Crippen molar-refractivity contribution in [3.63, 3.8) is 0 Å². The average molecular weight is 303 g/mol. The fourth-order valence-corrected chi connectivity index (χ4v) is 3.49. The summed E-state index contributed by atoms with van der Waals surface area (Å²) in [6.07, 6.45) is 0.649. The quantitative estimate of drug-likeness (QED) is 0.909. The van der Waals surface area contributed by atoms with Gasteiger partial charge in [-0.25, -0.2) is 12.8 Å². The Morgan fingerprint density at radius 1 is 1.35 bits per heavy atom. The van der Waals surface area contributed by atoms with Crippen LogP contribution in [0.25, 0.3) is 0 Å². The number of aliphatic hydroxyl groups is 1. The molecule has 0 heterocycles. The van der Waals surface area contributed by atoms with E-state index in [1.54, 1.807) is 0 Å². The van der Waals surface area contributed by atoms with Crippen LogP contribution < -0.4 is 0 Å². The standard InChI is InChI=1S/C14H22FNO3S/c1-6-14(3,4)16(5)20(18,19)12-7-10(2)13(15)11(8-12)9-17/h7-8,17H,6,9H2,1-5H3. The zero-order valence-electron chi connectivity index (χ0n) is 12.6. The lowest BCUT2D eigenvalue weighted by Crippen LogP contribution is -2.44. The van der Waals surface area contributed by atoms with Crippen LogP contribution in [0.5, 0.6) is 0 Å². The predicted molar refractivity (Wildman–Crippen MR) is 76.4 cm³/mol. The largest absolute Gasteiger partial charge is 0.392 e. The highest BCUT2D eigenvalue weighted by molar-refractivity contribution is 7.89. The molecule has 20 heavy (non-hydrogen) atoms. The molecular weight excluding hydrogens is 281 g/mol. The fraction of sp³-hybridized carbons (Fsp3) is 0.571. The van der Waals surface area contributed by atoms with Crippen molar-refractivity contribution in [1.29, 1.82) is 0 Å². The van der Waals surface area contributed by atoms with Crippen LogP contribution in [0.4, 0.5) is 4.39 Å². The SMILES string of the molecule is CCC(C)(C)N(C)S(=O)(=O)c1cc(C)c(F)c(CO)c1. The predicted octanol–water partition coefficient (Wildman–Crippen LogP) is 2.44. The lowest BCUT2D eigenvalue weighted by Gasteiger charge is -2.33. The van der Waals surface area contributed by atoms with E-state index in [0.717, 1.165) is 0 Å². The molecular formula is C14H22FNO3S. The molecule has 0 aromatic heterocycles. The second-order valence-electron chi connectivity index (χ2n) is 5.51. The van der Waals surface area contributed by atoms with Gasteiger partial charge in [0, 0.05) is 18.2 Å². The molecule has 0 fully saturated rings. The Hall–Kier alpha value is -0.980. The molecule has 0 aliphatic carbocycles. The Balaban J connectivity index is 3.40. The molecule has 1 rings (SSSR count). The van der Waals surface area contributed by atoms with Gasteiger partial charge in [0.2, 0.25) is 10.0 Å². The minimum absolute atomic E-state index is 0.00414. The summed E-state index contributed by atoms with van der Waals surface area (Å²) >= 11 is 0. The fourth-order valence-electron chi connectivity index (χ4n) is 1.78. The molecule has 0 radical (unpaired) electrons. The van der Waals surface area contributed by atoms with Gasteiger partial charge in [-0.2, -0.15) is 4.31 Å². The van der Waals surface area contributed by atoms with Crippen molar-refractivity contribution in [1.82, 2.24) is 4.31 Å². The highest BCUT2D eigenvalue weighted by Gasteiger charge is 2.33. The van der Waals surface area contributed by atoms with Crippen LogP contribution in [-0.2, 0) is 16.6 Å².